The fourth-order valence-corrected chi connectivity index (χ4v) is 3.48. The first-order chi connectivity index (χ1) is 13.0. The Balaban J connectivity index is 2.05. The average Bonchev–Trinajstić information content (AvgIpc) is 3.00. The summed E-state index contributed by atoms with van der Waals surface area (Å²) in [5.74, 6) is 0.0269. The summed E-state index contributed by atoms with van der Waals surface area (Å²) in [5.41, 5.74) is 4.48. The summed E-state index contributed by atoms with van der Waals surface area (Å²) in [4.78, 5) is 4.53. The van der Waals surface area contributed by atoms with Crippen LogP contribution < -0.4 is 4.74 Å². The molecule has 0 aliphatic rings. The van der Waals surface area contributed by atoms with Crippen LogP contribution in [0.25, 0.3) is 16.9 Å². The quantitative estimate of drug-likeness (QED) is 0.444. The third-order valence-corrected chi connectivity index (χ3v) is 4.82. The van der Waals surface area contributed by atoms with Gasteiger partial charge in [-0.15, -0.1) is 0 Å². The maximum atomic E-state index is 12.4. The molecular formula is C20H22ClF2N3O. The highest BCUT2D eigenvalue weighted by atomic mass is 35.5. The molecule has 0 fully saturated rings. The zero-order chi connectivity index (χ0) is 19.4. The van der Waals surface area contributed by atoms with Crippen LogP contribution in [0.4, 0.5) is 8.78 Å². The molecule has 3 aromatic rings. The number of hydrogen-bond acceptors (Lipinski definition) is 3. The van der Waals surface area contributed by atoms with E-state index in [0.717, 1.165) is 49.1 Å². The van der Waals surface area contributed by atoms with Gasteiger partial charge in [-0.1, -0.05) is 38.3 Å². The topological polar surface area (TPSA) is 39.4 Å². The summed E-state index contributed by atoms with van der Waals surface area (Å²) in [6.07, 6.45) is 6.90. The van der Waals surface area contributed by atoms with Crippen molar-refractivity contribution in [2.75, 3.05) is 0 Å². The van der Waals surface area contributed by atoms with Gasteiger partial charge in [0.2, 0.25) is 0 Å². The third-order valence-electron chi connectivity index (χ3n) is 4.50. The fourth-order valence-electron chi connectivity index (χ4n) is 3.21. The summed E-state index contributed by atoms with van der Waals surface area (Å²) in [7, 11) is 0. The van der Waals surface area contributed by atoms with E-state index >= 15 is 0 Å². The summed E-state index contributed by atoms with van der Waals surface area (Å²) in [6.45, 7) is 1.37. The number of halogens is 3. The van der Waals surface area contributed by atoms with Gasteiger partial charge in [-0.2, -0.15) is 13.9 Å². The molecule has 0 spiro atoms. The molecule has 0 saturated carbocycles. The van der Waals surface area contributed by atoms with E-state index in [4.69, 9.17) is 16.7 Å². The number of ether oxygens (including phenoxy) is 1. The lowest BCUT2D eigenvalue weighted by atomic mass is 10.1. The van der Waals surface area contributed by atoms with Crippen LogP contribution in [0.15, 0.2) is 30.5 Å². The van der Waals surface area contributed by atoms with Crippen LogP contribution >= 0.6 is 11.6 Å². The van der Waals surface area contributed by atoms with Crippen molar-refractivity contribution in [1.82, 2.24) is 14.6 Å². The lowest BCUT2D eigenvalue weighted by Gasteiger charge is -2.10. The zero-order valence-corrected chi connectivity index (χ0v) is 16.1. The number of benzene rings is 1. The van der Waals surface area contributed by atoms with Crippen molar-refractivity contribution < 1.29 is 13.5 Å². The van der Waals surface area contributed by atoms with E-state index in [0.29, 0.717) is 10.6 Å². The van der Waals surface area contributed by atoms with Crippen molar-refractivity contribution in [1.29, 1.82) is 0 Å². The second-order valence-electron chi connectivity index (χ2n) is 6.32. The summed E-state index contributed by atoms with van der Waals surface area (Å²) >= 11 is 6.34. The van der Waals surface area contributed by atoms with E-state index in [-0.39, 0.29) is 5.75 Å². The molecule has 144 valence electrons. The van der Waals surface area contributed by atoms with Crippen molar-refractivity contribution in [2.24, 2.45) is 0 Å². The number of nitrogens with zero attached hydrogens (tertiary/aromatic N) is 3. The van der Waals surface area contributed by atoms with Gasteiger partial charge in [0.1, 0.15) is 5.75 Å². The van der Waals surface area contributed by atoms with Crippen LogP contribution in [0.5, 0.6) is 5.75 Å². The Kier molecular flexibility index (Phi) is 6.26. The minimum absolute atomic E-state index is 0.0269. The molecule has 2 aromatic heterocycles. The van der Waals surface area contributed by atoms with Crippen molar-refractivity contribution in [3.05, 3.63) is 46.7 Å². The average molecular weight is 394 g/mol. The van der Waals surface area contributed by atoms with Crippen molar-refractivity contribution in [2.45, 2.75) is 52.6 Å². The van der Waals surface area contributed by atoms with Gasteiger partial charge >= 0.3 is 6.61 Å². The Hall–Kier alpha value is -2.21. The highest BCUT2D eigenvalue weighted by Crippen LogP contribution is 2.32. The highest BCUT2D eigenvalue weighted by molar-refractivity contribution is 6.33. The molecule has 0 radical (unpaired) electrons. The largest absolute Gasteiger partial charge is 0.435 e. The molecule has 0 N–H and O–H groups in total. The Morgan fingerprint density at radius 1 is 1.19 bits per heavy atom. The second kappa shape index (κ2) is 8.65. The molecule has 27 heavy (non-hydrogen) atoms. The molecule has 7 heteroatoms. The van der Waals surface area contributed by atoms with E-state index < -0.39 is 6.61 Å². The van der Waals surface area contributed by atoms with Crippen molar-refractivity contribution in [3.8, 4) is 17.0 Å². The van der Waals surface area contributed by atoms with E-state index in [1.54, 1.807) is 16.8 Å². The number of aryl methyl sites for hydroxylation is 2. The van der Waals surface area contributed by atoms with Gasteiger partial charge in [0.25, 0.3) is 0 Å². The smallest absolute Gasteiger partial charge is 0.387 e. The first-order valence-electron chi connectivity index (χ1n) is 9.15. The summed E-state index contributed by atoms with van der Waals surface area (Å²) < 4.78 is 31.0. The van der Waals surface area contributed by atoms with Gasteiger partial charge in [0, 0.05) is 17.3 Å². The minimum atomic E-state index is -2.89. The standard InChI is InChI=1S/C20H22ClF2N3O/c1-3-5-6-7-15-17(4-2)25-26-18(10-11-24-19(15)26)14-9-8-13(12-16(14)21)27-20(22)23/h8-12,20H,3-7H2,1-2H3. The summed E-state index contributed by atoms with van der Waals surface area (Å²) in [5, 5.41) is 5.06. The lowest BCUT2D eigenvalue weighted by molar-refractivity contribution is -0.0498. The normalized spacial score (nSPS) is 11.5. The Labute approximate surface area is 162 Å². The van der Waals surface area contributed by atoms with E-state index in [2.05, 4.69) is 23.6 Å². The molecule has 0 aliphatic carbocycles. The number of unbranched alkanes of at least 4 members (excludes halogenated alkanes) is 2. The van der Waals surface area contributed by atoms with Gasteiger partial charge in [-0.3, -0.25) is 0 Å². The molecule has 0 bridgehead atoms. The molecular weight excluding hydrogens is 372 g/mol. The Bertz CT molecular complexity index is 927. The highest BCUT2D eigenvalue weighted by Gasteiger charge is 2.17. The minimum Gasteiger partial charge on any atom is -0.435 e. The van der Waals surface area contributed by atoms with E-state index in [1.807, 2.05) is 6.07 Å². The fraction of sp³-hybridized carbons (Fsp3) is 0.400. The first kappa shape index (κ1) is 19.5. The van der Waals surface area contributed by atoms with Gasteiger partial charge in [0.15, 0.2) is 5.65 Å². The maximum Gasteiger partial charge on any atom is 0.387 e. The zero-order valence-electron chi connectivity index (χ0n) is 15.4. The molecule has 0 aliphatic heterocycles. The number of alkyl halides is 2. The third kappa shape index (κ3) is 4.21. The predicted molar refractivity (Wildman–Crippen MR) is 103 cm³/mol. The number of hydrogen-bond donors (Lipinski definition) is 0. The van der Waals surface area contributed by atoms with E-state index in [9.17, 15) is 8.78 Å². The molecule has 0 unspecified atom stereocenters. The molecule has 0 amide bonds. The molecule has 0 atom stereocenters. The molecule has 4 nitrogen and oxygen atoms in total. The van der Waals surface area contributed by atoms with Gasteiger partial charge < -0.3 is 4.74 Å². The molecule has 1 aromatic carbocycles. The van der Waals surface area contributed by atoms with Crippen LogP contribution in [0, 0.1) is 0 Å². The van der Waals surface area contributed by atoms with Gasteiger partial charge in [-0.05, 0) is 43.5 Å². The van der Waals surface area contributed by atoms with Gasteiger partial charge in [0.05, 0.1) is 16.4 Å². The molecule has 0 saturated heterocycles. The van der Waals surface area contributed by atoms with Crippen LogP contribution in [0.1, 0.15) is 44.4 Å². The maximum absolute atomic E-state index is 12.4. The number of rotatable bonds is 8. The predicted octanol–water partition coefficient (Wildman–Crippen LogP) is 5.95. The first-order valence-corrected chi connectivity index (χ1v) is 9.53. The van der Waals surface area contributed by atoms with Crippen LogP contribution in [-0.2, 0) is 12.8 Å². The van der Waals surface area contributed by atoms with E-state index in [1.165, 1.54) is 17.7 Å². The van der Waals surface area contributed by atoms with Crippen molar-refractivity contribution in [3.63, 3.8) is 0 Å². The molecule has 2 heterocycles. The summed E-state index contributed by atoms with van der Waals surface area (Å²) in [6, 6.07) is 6.36. The van der Waals surface area contributed by atoms with Crippen LogP contribution in [0.3, 0.4) is 0 Å². The van der Waals surface area contributed by atoms with Gasteiger partial charge in [-0.25, -0.2) is 9.50 Å². The van der Waals surface area contributed by atoms with Crippen molar-refractivity contribution >= 4 is 17.2 Å². The monoisotopic (exact) mass is 393 g/mol. The van der Waals surface area contributed by atoms with Crippen LogP contribution in [-0.4, -0.2) is 21.2 Å². The second-order valence-corrected chi connectivity index (χ2v) is 6.73. The SMILES string of the molecule is CCCCCc1c(CC)nn2c(-c3ccc(OC(F)F)cc3Cl)ccnc12. The van der Waals surface area contributed by atoms with Crippen LogP contribution in [0.2, 0.25) is 5.02 Å². The Morgan fingerprint density at radius 2 is 2.00 bits per heavy atom. The number of fused-ring (bicyclic) bond motifs is 1. The molecule has 3 rings (SSSR count). The Morgan fingerprint density at radius 3 is 2.67 bits per heavy atom. The number of aromatic nitrogens is 3. The lowest BCUT2D eigenvalue weighted by Crippen LogP contribution is -2.02.